The Morgan fingerprint density at radius 1 is 1.04 bits per heavy atom. The molecule has 2 aromatic heterocycles. The first kappa shape index (κ1) is 18.1. The maximum Gasteiger partial charge on any atom is 0.288 e. The van der Waals surface area contributed by atoms with Crippen molar-refractivity contribution >= 4 is 11.8 Å². The van der Waals surface area contributed by atoms with Crippen LogP contribution in [0.5, 0.6) is 5.75 Å². The normalized spacial score (nSPS) is 10.3. The highest BCUT2D eigenvalue weighted by atomic mass is 16.5. The zero-order chi connectivity index (χ0) is 19.2. The van der Waals surface area contributed by atoms with Crippen molar-refractivity contribution in [1.82, 2.24) is 21.0 Å². The fourth-order valence-corrected chi connectivity index (χ4v) is 2.31. The molecule has 1 aromatic carbocycles. The van der Waals surface area contributed by atoms with Gasteiger partial charge in [-0.3, -0.25) is 25.4 Å². The lowest BCUT2D eigenvalue weighted by molar-refractivity contribution is 0.0844. The Bertz CT molecular complexity index is 917. The molecule has 8 heteroatoms. The number of benzene rings is 1. The zero-order valence-electron chi connectivity index (χ0n) is 14.9. The molecule has 0 aliphatic heterocycles. The standard InChI is InChI=1S/C19H18N4O4/c1-12-16(13(2)27-23-12)11-26-15-8-6-14(7-9-15)18(24)21-22-19(25)17-5-3-4-10-20-17/h3-10H,11H2,1-2H3,(H,21,24)(H,22,25). The van der Waals surface area contributed by atoms with Gasteiger partial charge >= 0.3 is 0 Å². The van der Waals surface area contributed by atoms with Gasteiger partial charge in [0, 0.05) is 11.8 Å². The van der Waals surface area contributed by atoms with Crippen LogP contribution in [0.2, 0.25) is 0 Å². The number of amides is 2. The van der Waals surface area contributed by atoms with Crippen LogP contribution in [-0.4, -0.2) is 22.0 Å². The maximum atomic E-state index is 12.1. The second-order valence-electron chi connectivity index (χ2n) is 5.74. The first-order chi connectivity index (χ1) is 13.0. The number of carbonyl (C=O) groups is 2. The van der Waals surface area contributed by atoms with Gasteiger partial charge in [-0.1, -0.05) is 11.2 Å². The number of carbonyl (C=O) groups excluding carboxylic acids is 2. The van der Waals surface area contributed by atoms with Crippen LogP contribution in [-0.2, 0) is 6.61 Å². The van der Waals surface area contributed by atoms with Crippen molar-refractivity contribution in [3.05, 3.63) is 76.9 Å². The Morgan fingerprint density at radius 3 is 2.41 bits per heavy atom. The Morgan fingerprint density at radius 2 is 1.78 bits per heavy atom. The monoisotopic (exact) mass is 366 g/mol. The third-order valence-electron chi connectivity index (χ3n) is 3.87. The topological polar surface area (TPSA) is 106 Å². The minimum atomic E-state index is -0.497. The molecule has 2 N–H and O–H groups in total. The van der Waals surface area contributed by atoms with E-state index in [2.05, 4.69) is 21.0 Å². The molecule has 0 radical (unpaired) electrons. The molecule has 8 nitrogen and oxygen atoms in total. The van der Waals surface area contributed by atoms with E-state index in [0.717, 1.165) is 11.3 Å². The number of pyridine rings is 1. The van der Waals surface area contributed by atoms with Gasteiger partial charge in [-0.15, -0.1) is 0 Å². The predicted molar refractivity (Wildman–Crippen MR) is 95.9 cm³/mol. The van der Waals surface area contributed by atoms with Crippen LogP contribution in [0, 0.1) is 13.8 Å². The molecule has 0 fully saturated rings. The Kier molecular flexibility index (Phi) is 5.46. The lowest BCUT2D eigenvalue weighted by Gasteiger charge is -2.08. The largest absolute Gasteiger partial charge is 0.489 e. The van der Waals surface area contributed by atoms with Crippen LogP contribution in [0.4, 0.5) is 0 Å². The number of aromatic nitrogens is 2. The van der Waals surface area contributed by atoms with Crippen LogP contribution in [0.25, 0.3) is 0 Å². The first-order valence-electron chi connectivity index (χ1n) is 8.21. The fraction of sp³-hybridized carbons (Fsp3) is 0.158. The Hall–Kier alpha value is -3.68. The first-order valence-corrected chi connectivity index (χ1v) is 8.21. The number of ether oxygens (including phenoxy) is 1. The molecule has 0 spiro atoms. The summed E-state index contributed by atoms with van der Waals surface area (Å²) < 4.78 is 10.8. The van der Waals surface area contributed by atoms with E-state index >= 15 is 0 Å². The molecule has 3 aromatic rings. The number of nitrogens with one attached hydrogen (secondary N) is 2. The van der Waals surface area contributed by atoms with E-state index in [4.69, 9.17) is 9.26 Å². The summed E-state index contributed by atoms with van der Waals surface area (Å²) >= 11 is 0. The maximum absolute atomic E-state index is 12.1. The van der Waals surface area contributed by atoms with Gasteiger partial charge in [0.15, 0.2) is 0 Å². The van der Waals surface area contributed by atoms with E-state index in [1.165, 1.54) is 6.20 Å². The zero-order valence-corrected chi connectivity index (χ0v) is 14.9. The molecule has 0 aliphatic rings. The highest BCUT2D eigenvalue weighted by Crippen LogP contribution is 2.17. The number of rotatable bonds is 5. The molecule has 2 heterocycles. The van der Waals surface area contributed by atoms with Crippen molar-refractivity contribution in [2.75, 3.05) is 0 Å². The molecule has 2 amide bonds. The summed E-state index contributed by atoms with van der Waals surface area (Å²) in [5.74, 6) is 0.371. The van der Waals surface area contributed by atoms with Crippen molar-refractivity contribution in [2.45, 2.75) is 20.5 Å². The SMILES string of the molecule is Cc1noc(C)c1COc1ccc(C(=O)NNC(=O)c2ccccn2)cc1. The second-order valence-corrected chi connectivity index (χ2v) is 5.74. The lowest BCUT2D eigenvalue weighted by Crippen LogP contribution is -2.41. The molecule has 0 unspecified atom stereocenters. The molecular weight excluding hydrogens is 348 g/mol. The Labute approximate surface area is 155 Å². The smallest absolute Gasteiger partial charge is 0.288 e. The number of hydrogen-bond acceptors (Lipinski definition) is 6. The summed E-state index contributed by atoms with van der Waals surface area (Å²) in [5.41, 5.74) is 6.93. The average Bonchev–Trinajstić information content (AvgIpc) is 3.03. The van der Waals surface area contributed by atoms with Gasteiger partial charge in [-0.25, -0.2) is 0 Å². The molecule has 0 atom stereocenters. The highest BCUT2D eigenvalue weighted by molar-refractivity contribution is 5.98. The number of hydrogen-bond donors (Lipinski definition) is 2. The van der Waals surface area contributed by atoms with Gasteiger partial charge in [0.25, 0.3) is 11.8 Å². The van der Waals surface area contributed by atoms with E-state index in [1.54, 1.807) is 42.5 Å². The van der Waals surface area contributed by atoms with Crippen LogP contribution in [0.1, 0.15) is 37.9 Å². The van der Waals surface area contributed by atoms with E-state index in [0.29, 0.717) is 23.7 Å². The summed E-state index contributed by atoms with van der Waals surface area (Å²) in [6.45, 7) is 4.00. The molecule has 27 heavy (non-hydrogen) atoms. The summed E-state index contributed by atoms with van der Waals surface area (Å²) in [6, 6.07) is 11.5. The van der Waals surface area contributed by atoms with Gasteiger partial charge in [0.2, 0.25) is 0 Å². The van der Waals surface area contributed by atoms with Gasteiger partial charge in [0.05, 0.1) is 11.3 Å². The van der Waals surface area contributed by atoms with Crippen LogP contribution in [0.15, 0.2) is 53.2 Å². The van der Waals surface area contributed by atoms with Crippen molar-refractivity contribution in [3.8, 4) is 5.75 Å². The van der Waals surface area contributed by atoms with Crippen LogP contribution < -0.4 is 15.6 Å². The third-order valence-corrected chi connectivity index (χ3v) is 3.87. The predicted octanol–water partition coefficient (Wildman–Crippen LogP) is 2.34. The van der Waals surface area contributed by atoms with E-state index in [-0.39, 0.29) is 5.69 Å². The molecule has 0 bridgehead atoms. The molecular formula is C19H18N4O4. The number of aryl methyl sites for hydroxylation is 2. The fourth-order valence-electron chi connectivity index (χ4n) is 2.31. The van der Waals surface area contributed by atoms with Gasteiger partial charge in [-0.05, 0) is 50.2 Å². The minimum Gasteiger partial charge on any atom is -0.489 e. The summed E-state index contributed by atoms with van der Waals surface area (Å²) in [6.07, 6.45) is 1.50. The molecule has 0 saturated carbocycles. The molecule has 0 aliphatic carbocycles. The van der Waals surface area contributed by atoms with Crippen LogP contribution in [0.3, 0.4) is 0 Å². The van der Waals surface area contributed by atoms with Crippen molar-refractivity contribution in [1.29, 1.82) is 0 Å². The van der Waals surface area contributed by atoms with Crippen molar-refractivity contribution < 1.29 is 18.8 Å². The van der Waals surface area contributed by atoms with Crippen LogP contribution >= 0.6 is 0 Å². The highest BCUT2D eigenvalue weighted by Gasteiger charge is 2.11. The summed E-state index contributed by atoms with van der Waals surface area (Å²) in [5, 5.41) is 3.88. The van der Waals surface area contributed by atoms with Gasteiger partial charge in [0.1, 0.15) is 23.8 Å². The summed E-state index contributed by atoms with van der Waals surface area (Å²) in [4.78, 5) is 27.9. The number of nitrogens with zero attached hydrogens (tertiary/aromatic N) is 2. The van der Waals surface area contributed by atoms with E-state index in [1.807, 2.05) is 13.8 Å². The molecule has 0 saturated heterocycles. The second kappa shape index (κ2) is 8.13. The minimum absolute atomic E-state index is 0.209. The van der Waals surface area contributed by atoms with E-state index in [9.17, 15) is 9.59 Å². The third kappa shape index (κ3) is 4.49. The quantitative estimate of drug-likeness (QED) is 0.671. The Balaban J connectivity index is 1.53. The molecule has 3 rings (SSSR count). The molecule has 138 valence electrons. The van der Waals surface area contributed by atoms with Gasteiger partial charge in [-0.2, -0.15) is 0 Å². The van der Waals surface area contributed by atoms with Gasteiger partial charge < -0.3 is 9.26 Å². The average molecular weight is 366 g/mol. The van der Waals surface area contributed by atoms with E-state index < -0.39 is 11.8 Å². The van der Waals surface area contributed by atoms with Crippen molar-refractivity contribution in [3.63, 3.8) is 0 Å². The van der Waals surface area contributed by atoms with Crippen molar-refractivity contribution in [2.24, 2.45) is 0 Å². The number of hydrazine groups is 1. The lowest BCUT2D eigenvalue weighted by atomic mass is 10.2. The summed E-state index contributed by atoms with van der Waals surface area (Å²) in [7, 11) is 0.